The highest BCUT2D eigenvalue weighted by Crippen LogP contribution is 2.56. The minimum Gasteiger partial charge on any atom is -0.328 e. The van der Waals surface area contributed by atoms with Crippen molar-refractivity contribution < 1.29 is 0 Å². The Morgan fingerprint density at radius 3 is 2.82 bits per heavy atom. The van der Waals surface area contributed by atoms with Gasteiger partial charge < -0.3 is 4.57 Å². The summed E-state index contributed by atoms with van der Waals surface area (Å²) in [7, 11) is 6.97. The molecule has 2 radical (unpaired) electrons. The van der Waals surface area contributed by atoms with Crippen molar-refractivity contribution in [1.29, 1.82) is 0 Å². The van der Waals surface area contributed by atoms with Crippen molar-refractivity contribution in [2.45, 2.75) is 70.1 Å². The fourth-order valence-electron chi connectivity index (χ4n) is 4.59. The van der Waals surface area contributed by atoms with Gasteiger partial charge in [0.2, 0.25) is 0 Å². The first kappa shape index (κ1) is 14.4. The number of hydrogen-bond acceptors (Lipinski definition) is 1. The summed E-state index contributed by atoms with van der Waals surface area (Å²) in [4.78, 5) is 4.95. The first-order chi connectivity index (χ1) is 10.5. The fraction of sp³-hybridized carbons (Fsp3) is 0.632. The standard InChI is InChI=1S/C19H25BN2/c1-18(2)9-5-10-19(20,12-11-18)14-8-13-22-16-7-4-3-6-15(16)21-17(14)22/h3-4,6-7,14H,5,8-13H2,1-2H3/t14?,19-/m1/s1. The molecule has 0 N–H and O–H groups in total. The Kier molecular flexibility index (Phi) is 3.18. The zero-order valence-electron chi connectivity index (χ0n) is 13.8. The van der Waals surface area contributed by atoms with E-state index in [1.165, 1.54) is 30.6 Å². The Labute approximate surface area is 134 Å². The van der Waals surface area contributed by atoms with Gasteiger partial charge in [0, 0.05) is 12.5 Å². The molecule has 4 rings (SSSR count). The highest BCUT2D eigenvalue weighted by molar-refractivity contribution is 6.16. The Bertz CT molecular complexity index is 703. The molecule has 1 aliphatic heterocycles. The average Bonchev–Trinajstić information content (AvgIpc) is 3.00. The highest BCUT2D eigenvalue weighted by atomic mass is 15.1. The van der Waals surface area contributed by atoms with Crippen LogP contribution in [-0.2, 0) is 6.54 Å². The molecule has 22 heavy (non-hydrogen) atoms. The van der Waals surface area contributed by atoms with E-state index in [0.717, 1.165) is 31.3 Å². The smallest absolute Gasteiger partial charge is 0.112 e. The van der Waals surface area contributed by atoms with Crippen molar-refractivity contribution in [2.24, 2.45) is 5.41 Å². The second-order valence-corrected chi connectivity index (χ2v) is 8.20. The molecule has 2 aliphatic rings. The predicted molar refractivity (Wildman–Crippen MR) is 92.4 cm³/mol. The average molecular weight is 292 g/mol. The summed E-state index contributed by atoms with van der Waals surface area (Å²) < 4.78 is 2.41. The molecule has 0 bridgehead atoms. The quantitative estimate of drug-likeness (QED) is 0.543. The van der Waals surface area contributed by atoms with Crippen LogP contribution >= 0.6 is 0 Å². The molecule has 2 nitrogen and oxygen atoms in total. The largest absolute Gasteiger partial charge is 0.328 e. The number of rotatable bonds is 1. The SMILES string of the molecule is [B][C@]1(C2CCn3c2nc2ccccc23)CCCC(C)(C)CC1. The van der Waals surface area contributed by atoms with Gasteiger partial charge in [0.1, 0.15) is 5.82 Å². The van der Waals surface area contributed by atoms with Gasteiger partial charge in [-0.05, 0) is 36.8 Å². The summed E-state index contributed by atoms with van der Waals surface area (Å²) in [6.07, 6.45) is 7.22. The van der Waals surface area contributed by atoms with Crippen LogP contribution in [-0.4, -0.2) is 17.4 Å². The van der Waals surface area contributed by atoms with Crippen molar-refractivity contribution in [1.82, 2.24) is 9.55 Å². The summed E-state index contributed by atoms with van der Waals surface area (Å²) >= 11 is 0. The van der Waals surface area contributed by atoms with Crippen molar-refractivity contribution in [3.63, 3.8) is 0 Å². The van der Waals surface area contributed by atoms with E-state index >= 15 is 0 Å². The van der Waals surface area contributed by atoms with Crippen molar-refractivity contribution in [3.8, 4) is 0 Å². The number of fused-ring (bicyclic) bond motifs is 3. The van der Waals surface area contributed by atoms with E-state index in [0.29, 0.717) is 11.3 Å². The van der Waals surface area contributed by atoms with E-state index in [1.807, 2.05) is 0 Å². The van der Waals surface area contributed by atoms with E-state index in [1.54, 1.807) is 0 Å². The topological polar surface area (TPSA) is 17.8 Å². The number of imidazole rings is 1. The lowest BCUT2D eigenvalue weighted by Crippen LogP contribution is -2.22. The Morgan fingerprint density at radius 1 is 1.14 bits per heavy atom. The Morgan fingerprint density at radius 2 is 1.95 bits per heavy atom. The molecule has 2 atom stereocenters. The van der Waals surface area contributed by atoms with Crippen LogP contribution < -0.4 is 0 Å². The summed E-state index contributed by atoms with van der Waals surface area (Å²) in [5.74, 6) is 1.66. The van der Waals surface area contributed by atoms with Crippen molar-refractivity contribution in [3.05, 3.63) is 30.1 Å². The van der Waals surface area contributed by atoms with Gasteiger partial charge in [-0.25, -0.2) is 4.98 Å². The predicted octanol–water partition coefficient (Wildman–Crippen LogP) is 4.84. The lowest BCUT2D eigenvalue weighted by atomic mass is 9.55. The second kappa shape index (κ2) is 4.87. The van der Waals surface area contributed by atoms with Crippen LogP contribution in [0.1, 0.15) is 64.1 Å². The minimum absolute atomic E-state index is 0.0661. The van der Waals surface area contributed by atoms with Crippen LogP contribution in [0.2, 0.25) is 5.31 Å². The molecule has 2 aromatic rings. The van der Waals surface area contributed by atoms with E-state index < -0.39 is 0 Å². The van der Waals surface area contributed by atoms with E-state index in [9.17, 15) is 0 Å². The number of aryl methyl sites for hydroxylation is 1. The van der Waals surface area contributed by atoms with Gasteiger partial charge >= 0.3 is 0 Å². The molecule has 3 heteroatoms. The fourth-order valence-corrected chi connectivity index (χ4v) is 4.59. The van der Waals surface area contributed by atoms with Crippen LogP contribution in [0, 0.1) is 5.41 Å². The molecule has 0 spiro atoms. The lowest BCUT2D eigenvalue weighted by molar-refractivity contribution is 0.303. The molecule has 0 saturated heterocycles. The summed E-state index contributed by atoms with van der Waals surface area (Å²) in [6.45, 7) is 5.86. The maximum absolute atomic E-state index is 6.97. The molecular formula is C19H25BN2. The molecule has 1 saturated carbocycles. The van der Waals surface area contributed by atoms with Gasteiger partial charge in [-0.15, -0.1) is 0 Å². The highest BCUT2D eigenvalue weighted by Gasteiger charge is 2.42. The molecule has 0 amide bonds. The third-order valence-corrected chi connectivity index (χ3v) is 6.09. The number of aromatic nitrogens is 2. The third-order valence-electron chi connectivity index (χ3n) is 6.09. The van der Waals surface area contributed by atoms with Gasteiger partial charge in [0.05, 0.1) is 18.9 Å². The normalized spacial score (nSPS) is 31.1. The monoisotopic (exact) mass is 292 g/mol. The van der Waals surface area contributed by atoms with Crippen LogP contribution in [0.15, 0.2) is 24.3 Å². The number of nitrogens with zero attached hydrogens (tertiary/aromatic N) is 2. The van der Waals surface area contributed by atoms with Crippen LogP contribution in [0.5, 0.6) is 0 Å². The van der Waals surface area contributed by atoms with Gasteiger partial charge in [0.15, 0.2) is 0 Å². The summed E-state index contributed by atoms with van der Waals surface area (Å²) in [6, 6.07) is 8.49. The molecule has 2 heterocycles. The molecule has 1 unspecified atom stereocenters. The first-order valence-electron chi connectivity index (χ1n) is 8.73. The molecule has 1 aromatic carbocycles. The maximum Gasteiger partial charge on any atom is 0.112 e. The second-order valence-electron chi connectivity index (χ2n) is 8.20. The van der Waals surface area contributed by atoms with Crippen molar-refractivity contribution >= 4 is 18.9 Å². The van der Waals surface area contributed by atoms with Gasteiger partial charge in [-0.2, -0.15) is 0 Å². The van der Waals surface area contributed by atoms with Gasteiger partial charge in [-0.1, -0.05) is 50.6 Å². The number of para-hydroxylation sites is 2. The van der Waals surface area contributed by atoms with Crippen molar-refractivity contribution in [2.75, 3.05) is 0 Å². The molecule has 114 valence electrons. The Hall–Kier alpha value is -1.25. The minimum atomic E-state index is -0.0661. The number of benzene rings is 1. The van der Waals surface area contributed by atoms with E-state index in [-0.39, 0.29) is 5.31 Å². The maximum atomic E-state index is 6.97. The van der Waals surface area contributed by atoms with Gasteiger partial charge in [0.25, 0.3) is 0 Å². The zero-order valence-corrected chi connectivity index (χ0v) is 13.8. The first-order valence-corrected chi connectivity index (χ1v) is 8.73. The summed E-state index contributed by atoms with van der Waals surface area (Å²) in [5.41, 5.74) is 2.84. The van der Waals surface area contributed by atoms with Crippen LogP contribution in [0.4, 0.5) is 0 Å². The zero-order chi connectivity index (χ0) is 15.4. The third kappa shape index (κ3) is 2.21. The number of hydrogen-bond donors (Lipinski definition) is 0. The Balaban J connectivity index is 1.70. The molecular weight excluding hydrogens is 267 g/mol. The molecule has 1 fully saturated rings. The van der Waals surface area contributed by atoms with Crippen LogP contribution in [0.25, 0.3) is 11.0 Å². The van der Waals surface area contributed by atoms with E-state index in [2.05, 4.69) is 42.7 Å². The lowest BCUT2D eigenvalue weighted by Gasteiger charge is -2.35. The van der Waals surface area contributed by atoms with E-state index in [4.69, 9.17) is 12.8 Å². The summed E-state index contributed by atoms with van der Waals surface area (Å²) in [5, 5.41) is -0.0661. The molecule has 1 aromatic heterocycles. The van der Waals surface area contributed by atoms with Gasteiger partial charge in [-0.3, -0.25) is 0 Å². The molecule has 1 aliphatic carbocycles. The van der Waals surface area contributed by atoms with Crippen LogP contribution in [0.3, 0.4) is 0 Å².